The number of hydrogen-bond donors (Lipinski definition) is 2. The third-order valence-corrected chi connectivity index (χ3v) is 2.63. The average molecular weight is 214 g/mol. The molecule has 1 amide bonds. The minimum Gasteiger partial charge on any atom is -0.377 e. The zero-order chi connectivity index (χ0) is 11.3. The van der Waals surface area contributed by atoms with E-state index in [1.807, 2.05) is 13.8 Å². The lowest BCUT2D eigenvalue weighted by Crippen LogP contribution is -2.40. The number of carbonyl (C=O) groups excluding carboxylic acids is 1. The van der Waals surface area contributed by atoms with Crippen molar-refractivity contribution >= 4 is 5.91 Å². The summed E-state index contributed by atoms with van der Waals surface area (Å²) >= 11 is 0. The van der Waals surface area contributed by atoms with Gasteiger partial charge in [0.2, 0.25) is 5.91 Å². The molecule has 0 atom stereocenters. The molecule has 1 fully saturated rings. The van der Waals surface area contributed by atoms with Crippen molar-refractivity contribution in [2.45, 2.75) is 44.8 Å². The first-order chi connectivity index (χ1) is 7.03. The summed E-state index contributed by atoms with van der Waals surface area (Å²) in [6.07, 6.45) is 3.08. The van der Waals surface area contributed by atoms with Gasteiger partial charge in [0, 0.05) is 32.7 Å². The fraction of sp³-hybridized carbons (Fsp3) is 0.909. The normalized spacial score (nSPS) is 16.5. The van der Waals surface area contributed by atoms with Gasteiger partial charge in [0.05, 0.1) is 5.60 Å². The molecule has 2 N–H and O–H groups in total. The first kappa shape index (κ1) is 12.5. The number of rotatable bonds is 7. The summed E-state index contributed by atoms with van der Waals surface area (Å²) < 4.78 is 5.21. The summed E-state index contributed by atoms with van der Waals surface area (Å²) in [5.41, 5.74) is -0.278. The monoisotopic (exact) mass is 214 g/mol. The Morgan fingerprint density at radius 2 is 2.13 bits per heavy atom. The molecule has 1 rings (SSSR count). The van der Waals surface area contributed by atoms with E-state index in [1.165, 1.54) is 12.8 Å². The van der Waals surface area contributed by atoms with Crippen molar-refractivity contribution in [3.05, 3.63) is 0 Å². The highest BCUT2D eigenvalue weighted by molar-refractivity contribution is 5.76. The van der Waals surface area contributed by atoms with Crippen LogP contribution < -0.4 is 10.6 Å². The van der Waals surface area contributed by atoms with Gasteiger partial charge in [0.15, 0.2) is 0 Å². The Bertz CT molecular complexity index is 213. The molecule has 1 aliphatic rings. The van der Waals surface area contributed by atoms with Crippen LogP contribution in [-0.2, 0) is 9.53 Å². The second kappa shape index (κ2) is 5.47. The van der Waals surface area contributed by atoms with Gasteiger partial charge in [-0.1, -0.05) is 0 Å². The van der Waals surface area contributed by atoms with Gasteiger partial charge in [-0.25, -0.2) is 0 Å². The van der Waals surface area contributed by atoms with Gasteiger partial charge < -0.3 is 15.4 Å². The molecule has 0 aromatic rings. The van der Waals surface area contributed by atoms with Gasteiger partial charge >= 0.3 is 0 Å². The lowest BCUT2D eigenvalue weighted by atomic mass is 10.1. The average Bonchev–Trinajstić information content (AvgIpc) is 2.99. The van der Waals surface area contributed by atoms with E-state index in [1.54, 1.807) is 7.11 Å². The highest BCUT2D eigenvalue weighted by Gasteiger charge is 2.20. The van der Waals surface area contributed by atoms with Crippen molar-refractivity contribution in [1.29, 1.82) is 0 Å². The van der Waals surface area contributed by atoms with Crippen LogP contribution in [0.25, 0.3) is 0 Å². The van der Waals surface area contributed by atoms with Crippen LogP contribution in [0.15, 0.2) is 0 Å². The second-order valence-corrected chi connectivity index (χ2v) is 4.72. The van der Waals surface area contributed by atoms with Gasteiger partial charge in [-0.3, -0.25) is 4.79 Å². The van der Waals surface area contributed by atoms with Crippen molar-refractivity contribution in [3.8, 4) is 0 Å². The molecule has 1 aliphatic carbocycles. The number of methoxy groups -OCH3 is 1. The minimum atomic E-state index is -0.278. The van der Waals surface area contributed by atoms with E-state index in [4.69, 9.17) is 4.74 Å². The quantitative estimate of drug-likeness (QED) is 0.655. The van der Waals surface area contributed by atoms with E-state index >= 15 is 0 Å². The third kappa shape index (κ3) is 5.74. The first-order valence-corrected chi connectivity index (χ1v) is 5.59. The van der Waals surface area contributed by atoms with E-state index < -0.39 is 0 Å². The number of nitrogens with one attached hydrogen (secondary N) is 2. The molecule has 0 aliphatic heterocycles. The van der Waals surface area contributed by atoms with Crippen molar-refractivity contribution in [1.82, 2.24) is 10.6 Å². The van der Waals surface area contributed by atoms with Crippen LogP contribution in [0.2, 0.25) is 0 Å². The summed E-state index contributed by atoms with van der Waals surface area (Å²) in [6.45, 7) is 5.25. The number of carbonyl (C=O) groups is 1. The highest BCUT2D eigenvalue weighted by Crippen LogP contribution is 2.18. The van der Waals surface area contributed by atoms with Crippen molar-refractivity contribution < 1.29 is 9.53 Å². The topological polar surface area (TPSA) is 50.4 Å². The maximum absolute atomic E-state index is 11.4. The smallest absolute Gasteiger partial charge is 0.221 e. The molecule has 1 saturated carbocycles. The predicted octanol–water partition coefficient (Wildman–Crippen LogP) is 0.670. The number of amides is 1. The Hall–Kier alpha value is -0.610. The largest absolute Gasteiger partial charge is 0.377 e. The van der Waals surface area contributed by atoms with Crippen LogP contribution in [0.4, 0.5) is 0 Å². The molecule has 0 spiro atoms. The van der Waals surface area contributed by atoms with Gasteiger partial charge in [-0.15, -0.1) is 0 Å². The molecule has 15 heavy (non-hydrogen) atoms. The maximum Gasteiger partial charge on any atom is 0.221 e. The SMILES string of the molecule is COC(C)(C)CNC(=O)CCNC1CC1. The molecule has 0 aromatic heterocycles. The van der Waals surface area contributed by atoms with Crippen molar-refractivity contribution in [2.24, 2.45) is 0 Å². The predicted molar refractivity (Wildman–Crippen MR) is 59.7 cm³/mol. The Labute approximate surface area is 91.8 Å². The van der Waals surface area contributed by atoms with Gasteiger partial charge in [-0.05, 0) is 26.7 Å². The zero-order valence-corrected chi connectivity index (χ0v) is 9.93. The molecule has 4 heteroatoms. The number of hydrogen-bond acceptors (Lipinski definition) is 3. The van der Waals surface area contributed by atoms with Crippen LogP contribution in [0.3, 0.4) is 0 Å². The minimum absolute atomic E-state index is 0.0910. The molecule has 0 bridgehead atoms. The third-order valence-electron chi connectivity index (χ3n) is 2.63. The fourth-order valence-electron chi connectivity index (χ4n) is 1.15. The standard InChI is InChI=1S/C11H22N2O2/c1-11(2,15-3)8-13-10(14)6-7-12-9-4-5-9/h9,12H,4-8H2,1-3H3,(H,13,14). The maximum atomic E-state index is 11.4. The molecule has 0 radical (unpaired) electrons. The molecule has 0 saturated heterocycles. The van der Waals surface area contributed by atoms with Crippen LogP contribution in [0.5, 0.6) is 0 Å². The summed E-state index contributed by atoms with van der Waals surface area (Å²) in [7, 11) is 1.65. The lowest BCUT2D eigenvalue weighted by molar-refractivity contribution is -0.122. The molecule has 4 nitrogen and oxygen atoms in total. The Kier molecular flexibility index (Phi) is 4.54. The molecular weight excluding hydrogens is 192 g/mol. The Morgan fingerprint density at radius 1 is 1.47 bits per heavy atom. The van der Waals surface area contributed by atoms with Crippen molar-refractivity contribution in [3.63, 3.8) is 0 Å². The first-order valence-electron chi connectivity index (χ1n) is 5.59. The Balaban J connectivity index is 2.01. The van der Waals surface area contributed by atoms with E-state index in [0.29, 0.717) is 19.0 Å². The lowest BCUT2D eigenvalue weighted by Gasteiger charge is -2.23. The van der Waals surface area contributed by atoms with Crippen molar-refractivity contribution in [2.75, 3.05) is 20.2 Å². The number of ether oxygens (including phenoxy) is 1. The summed E-state index contributed by atoms with van der Waals surface area (Å²) in [6, 6.07) is 0.674. The molecule has 0 unspecified atom stereocenters. The van der Waals surface area contributed by atoms with Crippen LogP contribution in [0.1, 0.15) is 33.1 Å². The van der Waals surface area contributed by atoms with E-state index in [-0.39, 0.29) is 11.5 Å². The summed E-state index contributed by atoms with van der Waals surface area (Å²) in [4.78, 5) is 11.4. The zero-order valence-electron chi connectivity index (χ0n) is 9.93. The molecule has 88 valence electrons. The van der Waals surface area contributed by atoms with Crippen LogP contribution >= 0.6 is 0 Å². The van der Waals surface area contributed by atoms with Gasteiger partial charge in [-0.2, -0.15) is 0 Å². The Morgan fingerprint density at radius 3 is 2.67 bits per heavy atom. The highest BCUT2D eigenvalue weighted by atomic mass is 16.5. The van der Waals surface area contributed by atoms with Crippen LogP contribution in [0, 0.1) is 0 Å². The van der Waals surface area contributed by atoms with E-state index in [0.717, 1.165) is 6.54 Å². The second-order valence-electron chi connectivity index (χ2n) is 4.72. The van der Waals surface area contributed by atoms with E-state index in [2.05, 4.69) is 10.6 Å². The van der Waals surface area contributed by atoms with Crippen LogP contribution in [-0.4, -0.2) is 37.7 Å². The van der Waals surface area contributed by atoms with E-state index in [9.17, 15) is 4.79 Å². The van der Waals surface area contributed by atoms with Gasteiger partial charge in [0.1, 0.15) is 0 Å². The summed E-state index contributed by atoms with van der Waals surface area (Å²) in [5, 5.41) is 6.17. The molecule has 0 aromatic carbocycles. The summed E-state index contributed by atoms with van der Waals surface area (Å²) in [5.74, 6) is 0.0910. The molecular formula is C11H22N2O2. The molecule has 0 heterocycles. The van der Waals surface area contributed by atoms with Gasteiger partial charge in [0.25, 0.3) is 0 Å². The fourth-order valence-corrected chi connectivity index (χ4v) is 1.15.